The highest BCUT2D eigenvalue weighted by Crippen LogP contribution is 2.23. The van der Waals surface area contributed by atoms with E-state index in [2.05, 4.69) is 10.6 Å². The Bertz CT molecular complexity index is 404. The zero-order valence-electron chi connectivity index (χ0n) is 7.86. The van der Waals surface area contributed by atoms with Crippen LogP contribution in [0.15, 0.2) is 30.3 Å². The van der Waals surface area contributed by atoms with Crippen LogP contribution in [0.3, 0.4) is 0 Å². The zero-order chi connectivity index (χ0) is 10.9. The van der Waals surface area contributed by atoms with Gasteiger partial charge in [-0.1, -0.05) is 30.3 Å². The Morgan fingerprint density at radius 3 is 2.33 bits per heavy atom. The molecule has 0 spiro atoms. The average molecular weight is 206 g/mol. The second-order valence-corrected chi connectivity index (χ2v) is 3.34. The Hall–Kier alpha value is -1.88. The van der Waals surface area contributed by atoms with E-state index >= 15 is 0 Å². The third-order valence-corrected chi connectivity index (χ3v) is 2.45. The Kier molecular flexibility index (Phi) is 2.17. The van der Waals surface area contributed by atoms with E-state index < -0.39 is 24.1 Å². The van der Waals surface area contributed by atoms with Gasteiger partial charge in [-0.3, -0.25) is 10.1 Å². The second kappa shape index (κ2) is 3.36. The molecule has 2 rings (SSSR count). The number of aliphatic hydroxyl groups is 1. The largest absolute Gasteiger partial charge is 0.393 e. The topological polar surface area (TPSA) is 78.4 Å². The van der Waals surface area contributed by atoms with Crippen LogP contribution in [0.25, 0.3) is 0 Å². The SMILES string of the molecule is O=C1NC(=O)[C@@](CO)(c2ccccc2)N1. The molecule has 0 bridgehead atoms. The standard InChI is InChI=1S/C10H10N2O3/c13-6-10(7-4-2-1-3-5-7)8(14)11-9(15)12-10/h1-5,13H,6H2,(H2,11,12,14,15)/t10-/m1/s1. The molecular formula is C10H10N2O3. The fraction of sp³-hybridized carbons (Fsp3) is 0.200. The van der Waals surface area contributed by atoms with Crippen molar-refractivity contribution in [3.05, 3.63) is 35.9 Å². The Morgan fingerprint density at radius 2 is 1.87 bits per heavy atom. The van der Waals surface area contributed by atoms with Crippen molar-refractivity contribution in [1.29, 1.82) is 0 Å². The lowest BCUT2D eigenvalue weighted by molar-refractivity contribution is -0.125. The molecule has 1 atom stereocenters. The third kappa shape index (κ3) is 1.37. The minimum absolute atomic E-state index is 0.464. The summed E-state index contributed by atoms with van der Waals surface area (Å²) in [7, 11) is 0. The van der Waals surface area contributed by atoms with Gasteiger partial charge in [0.25, 0.3) is 5.91 Å². The Balaban J connectivity index is 2.47. The summed E-state index contributed by atoms with van der Waals surface area (Å²) in [5, 5.41) is 13.8. The summed E-state index contributed by atoms with van der Waals surface area (Å²) >= 11 is 0. The van der Waals surface area contributed by atoms with Crippen molar-refractivity contribution in [3.63, 3.8) is 0 Å². The minimum Gasteiger partial charge on any atom is -0.393 e. The lowest BCUT2D eigenvalue weighted by atomic mass is 9.91. The zero-order valence-corrected chi connectivity index (χ0v) is 7.86. The fourth-order valence-corrected chi connectivity index (χ4v) is 1.62. The summed E-state index contributed by atoms with van der Waals surface area (Å²) in [6.07, 6.45) is 0. The minimum atomic E-state index is -1.33. The molecule has 1 aliphatic rings. The summed E-state index contributed by atoms with van der Waals surface area (Å²) in [6, 6.07) is 8.05. The first-order valence-corrected chi connectivity index (χ1v) is 4.49. The van der Waals surface area contributed by atoms with Crippen molar-refractivity contribution < 1.29 is 14.7 Å². The van der Waals surface area contributed by atoms with Crippen LogP contribution < -0.4 is 10.6 Å². The molecule has 78 valence electrons. The van der Waals surface area contributed by atoms with E-state index in [0.29, 0.717) is 5.56 Å². The third-order valence-electron chi connectivity index (χ3n) is 2.45. The lowest BCUT2D eigenvalue weighted by Crippen LogP contribution is -2.47. The normalized spacial score (nSPS) is 24.9. The maximum atomic E-state index is 11.6. The molecule has 15 heavy (non-hydrogen) atoms. The monoisotopic (exact) mass is 206 g/mol. The van der Waals surface area contributed by atoms with E-state index in [1.54, 1.807) is 30.3 Å². The van der Waals surface area contributed by atoms with Gasteiger partial charge >= 0.3 is 6.03 Å². The summed E-state index contributed by atoms with van der Waals surface area (Å²) < 4.78 is 0. The predicted molar refractivity (Wildman–Crippen MR) is 51.9 cm³/mol. The smallest absolute Gasteiger partial charge is 0.322 e. The van der Waals surface area contributed by atoms with Crippen LogP contribution in [0.1, 0.15) is 5.56 Å². The van der Waals surface area contributed by atoms with E-state index in [-0.39, 0.29) is 0 Å². The van der Waals surface area contributed by atoms with E-state index in [1.807, 2.05) is 0 Å². The van der Waals surface area contributed by atoms with Crippen molar-refractivity contribution in [1.82, 2.24) is 10.6 Å². The van der Waals surface area contributed by atoms with E-state index in [0.717, 1.165) is 0 Å². The molecule has 5 nitrogen and oxygen atoms in total. The molecule has 1 fully saturated rings. The van der Waals surface area contributed by atoms with Gasteiger partial charge in [-0.2, -0.15) is 0 Å². The van der Waals surface area contributed by atoms with Crippen molar-refractivity contribution in [2.24, 2.45) is 0 Å². The van der Waals surface area contributed by atoms with Crippen molar-refractivity contribution in [3.8, 4) is 0 Å². The number of nitrogens with one attached hydrogen (secondary N) is 2. The van der Waals surface area contributed by atoms with E-state index in [4.69, 9.17) is 0 Å². The number of benzene rings is 1. The molecule has 5 heteroatoms. The summed E-state index contributed by atoms with van der Waals surface area (Å²) in [4.78, 5) is 22.6. The molecule has 1 heterocycles. The van der Waals surface area contributed by atoms with Crippen molar-refractivity contribution in [2.45, 2.75) is 5.54 Å². The fourth-order valence-electron chi connectivity index (χ4n) is 1.62. The number of rotatable bonds is 2. The molecule has 0 aromatic heterocycles. The maximum absolute atomic E-state index is 11.6. The molecule has 0 unspecified atom stereocenters. The molecule has 3 amide bonds. The van der Waals surface area contributed by atoms with E-state index in [1.165, 1.54) is 0 Å². The summed E-state index contributed by atoms with van der Waals surface area (Å²) in [5.74, 6) is -0.527. The van der Waals surface area contributed by atoms with Crippen LogP contribution in [0.5, 0.6) is 0 Å². The second-order valence-electron chi connectivity index (χ2n) is 3.34. The number of aliphatic hydroxyl groups excluding tert-OH is 1. The summed E-state index contributed by atoms with van der Waals surface area (Å²) in [5.41, 5.74) is -0.769. The van der Waals surface area contributed by atoms with Crippen LogP contribution in [-0.2, 0) is 10.3 Å². The molecule has 0 radical (unpaired) electrons. The highest BCUT2D eigenvalue weighted by Gasteiger charge is 2.47. The predicted octanol–water partition coefficient (Wildman–Crippen LogP) is -0.286. The lowest BCUT2D eigenvalue weighted by Gasteiger charge is -2.23. The maximum Gasteiger partial charge on any atom is 0.322 e. The first kappa shape index (κ1) is 9.67. The highest BCUT2D eigenvalue weighted by molar-refractivity contribution is 6.07. The van der Waals surface area contributed by atoms with Gasteiger partial charge in [0.2, 0.25) is 0 Å². The Labute approximate surface area is 86.1 Å². The van der Waals surface area contributed by atoms with Crippen LogP contribution in [0, 0.1) is 0 Å². The first-order valence-electron chi connectivity index (χ1n) is 4.49. The molecule has 3 N–H and O–H groups in total. The molecule has 0 aliphatic carbocycles. The average Bonchev–Trinajstić information content (AvgIpc) is 2.56. The molecule has 0 saturated carbocycles. The van der Waals surface area contributed by atoms with Crippen molar-refractivity contribution in [2.75, 3.05) is 6.61 Å². The number of imide groups is 1. The van der Waals surface area contributed by atoms with Crippen LogP contribution in [0.2, 0.25) is 0 Å². The number of carbonyl (C=O) groups excluding carboxylic acids is 2. The van der Waals surface area contributed by atoms with Gasteiger partial charge < -0.3 is 10.4 Å². The van der Waals surface area contributed by atoms with Gasteiger partial charge in [0.1, 0.15) is 0 Å². The number of hydrogen-bond donors (Lipinski definition) is 3. The molecule has 1 saturated heterocycles. The quantitative estimate of drug-likeness (QED) is 0.582. The molecule has 1 aliphatic heterocycles. The van der Waals surface area contributed by atoms with Crippen LogP contribution in [0.4, 0.5) is 4.79 Å². The van der Waals surface area contributed by atoms with Crippen LogP contribution >= 0.6 is 0 Å². The van der Waals surface area contributed by atoms with Gasteiger partial charge in [0, 0.05) is 0 Å². The number of urea groups is 1. The van der Waals surface area contributed by atoms with Gasteiger partial charge in [0.15, 0.2) is 5.54 Å². The molecule has 1 aromatic rings. The number of amides is 3. The van der Waals surface area contributed by atoms with Crippen molar-refractivity contribution >= 4 is 11.9 Å². The first-order chi connectivity index (χ1) is 7.19. The summed E-state index contributed by atoms with van der Waals surface area (Å²) in [6.45, 7) is -0.464. The van der Waals surface area contributed by atoms with Gasteiger partial charge in [-0.05, 0) is 5.56 Å². The number of hydrogen-bond acceptors (Lipinski definition) is 3. The van der Waals surface area contributed by atoms with E-state index in [9.17, 15) is 14.7 Å². The van der Waals surface area contributed by atoms with Gasteiger partial charge in [0.05, 0.1) is 6.61 Å². The Morgan fingerprint density at radius 1 is 1.20 bits per heavy atom. The number of carbonyl (C=O) groups is 2. The molecule has 1 aromatic carbocycles. The van der Waals surface area contributed by atoms with Gasteiger partial charge in [-0.15, -0.1) is 0 Å². The van der Waals surface area contributed by atoms with Gasteiger partial charge in [-0.25, -0.2) is 4.79 Å². The molecular weight excluding hydrogens is 196 g/mol. The van der Waals surface area contributed by atoms with Crippen LogP contribution in [-0.4, -0.2) is 23.7 Å². The highest BCUT2D eigenvalue weighted by atomic mass is 16.3.